The van der Waals surface area contributed by atoms with Crippen LogP contribution in [-0.2, 0) is 33.3 Å². The lowest BCUT2D eigenvalue weighted by Crippen LogP contribution is -2.44. The minimum Gasteiger partial charge on any atom is -0.545 e. The second-order valence-corrected chi connectivity index (χ2v) is 20.5. The van der Waals surface area contributed by atoms with Crippen molar-refractivity contribution in [3.63, 3.8) is 0 Å². The minimum atomic E-state index is -1.65. The summed E-state index contributed by atoms with van der Waals surface area (Å²) < 4.78 is 22.6. The maximum absolute atomic E-state index is 12.9. The van der Waals surface area contributed by atoms with Gasteiger partial charge in [0.05, 0.1) is 40.3 Å². The van der Waals surface area contributed by atoms with Gasteiger partial charge in [-0.2, -0.15) is 0 Å². The molecule has 0 N–H and O–H groups in total. The van der Waals surface area contributed by atoms with Crippen molar-refractivity contribution in [3.8, 4) is 0 Å². The van der Waals surface area contributed by atoms with Crippen LogP contribution in [-0.4, -0.2) is 82.3 Å². The van der Waals surface area contributed by atoms with Gasteiger partial charge in [0.2, 0.25) is 0 Å². The van der Waals surface area contributed by atoms with Gasteiger partial charge < -0.3 is 33.3 Å². The number of allylic oxidation sites excluding steroid dienone is 28. The van der Waals surface area contributed by atoms with Gasteiger partial charge in [0, 0.05) is 12.8 Å². The van der Waals surface area contributed by atoms with Gasteiger partial charge in [0.15, 0.2) is 12.4 Å². The third kappa shape index (κ3) is 60.1. The predicted molar refractivity (Wildman–Crippen MR) is 333 cm³/mol. The number of unbranched alkanes of at least 4 members (excludes halogenated alkanes) is 10. The van der Waals surface area contributed by atoms with Crippen molar-refractivity contribution in [1.29, 1.82) is 0 Å². The molecule has 0 radical (unpaired) electrons. The number of rotatable bonds is 53. The topological polar surface area (TPSA) is 111 Å². The third-order valence-electron chi connectivity index (χ3n) is 12.0. The summed E-state index contributed by atoms with van der Waals surface area (Å²) in [6.07, 6.45) is 85.6. The molecule has 2 unspecified atom stereocenters. The van der Waals surface area contributed by atoms with Gasteiger partial charge in [0.25, 0.3) is 0 Å². The summed E-state index contributed by atoms with van der Waals surface area (Å²) in [5, 5.41) is 11.8. The van der Waals surface area contributed by atoms with Crippen molar-refractivity contribution >= 4 is 17.9 Å². The lowest BCUT2D eigenvalue weighted by atomic mass is 10.1. The SMILES string of the molecule is CC/C=C\C/C=C\C/C=C\C/C=C\C/C=C\C/C=C\C/C=C\C/C=C\C/C=C\CCCCCCCCCCCC(=O)OC(COC(=O)CCC/C=C\C/C=C\C/C=C\C/C=C\C/C=C\CC)COC(OCC[N+](C)(C)C)C(=O)[O-]. The van der Waals surface area contributed by atoms with Crippen molar-refractivity contribution in [3.05, 3.63) is 170 Å². The zero-order chi connectivity index (χ0) is 57.6. The number of carbonyl (C=O) groups excluding carboxylic acids is 3. The first-order chi connectivity index (χ1) is 38.6. The quantitative estimate of drug-likeness (QED) is 0.0195. The number of carbonyl (C=O) groups is 3. The van der Waals surface area contributed by atoms with E-state index in [0.29, 0.717) is 23.9 Å². The van der Waals surface area contributed by atoms with Crippen molar-refractivity contribution < 1.29 is 42.9 Å². The average molecular weight is 1090 g/mol. The summed E-state index contributed by atoms with van der Waals surface area (Å²) in [6, 6.07) is 0. The first-order valence-electron chi connectivity index (χ1n) is 30.3. The van der Waals surface area contributed by atoms with E-state index in [0.717, 1.165) is 122 Å². The van der Waals surface area contributed by atoms with E-state index >= 15 is 0 Å². The maximum Gasteiger partial charge on any atom is 0.306 e. The number of nitrogens with zero attached hydrogens (tertiary/aromatic N) is 1. The molecule has 0 fully saturated rings. The highest BCUT2D eigenvalue weighted by atomic mass is 16.7. The number of carboxylic acid groups (broad SMARTS) is 1. The molecule has 0 amide bonds. The molecule has 0 aliphatic rings. The molecule has 0 saturated carbocycles. The Balaban J connectivity index is 4.27. The Morgan fingerprint density at radius 3 is 1.05 bits per heavy atom. The number of quaternary nitrogens is 1. The van der Waals surface area contributed by atoms with Gasteiger partial charge in [0.1, 0.15) is 13.2 Å². The molecule has 0 aromatic heterocycles. The molecule has 0 saturated heterocycles. The van der Waals surface area contributed by atoms with Crippen LogP contribution in [0.3, 0.4) is 0 Å². The molecule has 0 spiro atoms. The lowest BCUT2D eigenvalue weighted by Gasteiger charge is -2.26. The van der Waals surface area contributed by atoms with Crippen LogP contribution < -0.4 is 5.11 Å². The number of carboxylic acids is 1. The molecule has 442 valence electrons. The Bertz CT molecular complexity index is 1900. The predicted octanol–water partition coefficient (Wildman–Crippen LogP) is 17.0. The Hall–Kier alpha value is -5.35. The van der Waals surface area contributed by atoms with Gasteiger partial charge in [-0.3, -0.25) is 9.59 Å². The molecule has 0 aliphatic carbocycles. The number of hydrogen-bond donors (Lipinski definition) is 0. The van der Waals surface area contributed by atoms with E-state index in [9.17, 15) is 19.5 Å². The van der Waals surface area contributed by atoms with Crippen LogP contribution in [0.25, 0.3) is 0 Å². The molecule has 79 heavy (non-hydrogen) atoms. The van der Waals surface area contributed by atoms with Crippen LogP contribution in [0.5, 0.6) is 0 Å². The van der Waals surface area contributed by atoms with Gasteiger partial charge >= 0.3 is 11.9 Å². The normalized spacial score (nSPS) is 14.0. The molecule has 0 aromatic rings. The Morgan fingerprint density at radius 1 is 0.380 bits per heavy atom. The Morgan fingerprint density at radius 2 is 0.696 bits per heavy atom. The fourth-order valence-corrected chi connectivity index (χ4v) is 7.39. The standard InChI is InChI=1S/C70H109NO8/c1-6-8-10-12-14-16-18-20-22-24-25-26-27-28-29-30-31-32-33-34-35-36-37-38-39-40-41-42-43-45-47-49-51-53-55-57-59-61-68(73)79-66(65-78-70(69(74)75)76-63-62-71(3,4)5)64-77-67(72)60-58-56-54-52-50-48-46-44-23-21-19-17-15-13-11-9-7-2/h8-11,14-17,20-23,25-26,28-29,31-32,34-35,37-38,40-41,46,48,52,54,66,70H,6-7,12-13,18-19,24,27,30,33,36,39,42-45,47,49-51,53,55-65H2,1-5H3/b10-8-,11-9-,16-14-,17-15-,22-20-,23-21-,26-25-,29-28-,32-31-,35-34-,38-37-,41-40-,48-46-,54-52-. The summed E-state index contributed by atoms with van der Waals surface area (Å²) in [7, 11) is 5.89. The van der Waals surface area contributed by atoms with Gasteiger partial charge in [-0.1, -0.05) is 229 Å². The minimum absolute atomic E-state index is 0.128. The van der Waals surface area contributed by atoms with E-state index in [4.69, 9.17) is 18.9 Å². The average Bonchev–Trinajstić information content (AvgIpc) is 3.42. The van der Waals surface area contributed by atoms with Gasteiger partial charge in [-0.05, 0) is 122 Å². The van der Waals surface area contributed by atoms with Crippen LogP contribution in [0, 0.1) is 0 Å². The number of hydrogen-bond acceptors (Lipinski definition) is 8. The van der Waals surface area contributed by atoms with Gasteiger partial charge in [-0.15, -0.1) is 0 Å². The molecular formula is C70H109NO8. The first-order valence-corrected chi connectivity index (χ1v) is 30.3. The smallest absolute Gasteiger partial charge is 0.306 e. The fourth-order valence-electron chi connectivity index (χ4n) is 7.39. The van der Waals surface area contributed by atoms with Crippen molar-refractivity contribution in [2.24, 2.45) is 0 Å². The zero-order valence-electron chi connectivity index (χ0n) is 50.2. The number of likely N-dealkylation sites (N-methyl/N-ethyl adjacent to an activating group) is 1. The van der Waals surface area contributed by atoms with E-state index in [-0.39, 0.29) is 32.7 Å². The monoisotopic (exact) mass is 1090 g/mol. The van der Waals surface area contributed by atoms with Gasteiger partial charge in [-0.25, -0.2) is 0 Å². The molecule has 0 rings (SSSR count). The molecule has 9 nitrogen and oxygen atoms in total. The van der Waals surface area contributed by atoms with E-state index < -0.39 is 30.3 Å². The number of esters is 2. The molecular weight excluding hydrogens is 983 g/mol. The summed E-state index contributed by atoms with van der Waals surface area (Å²) in [6.45, 7) is 4.41. The van der Waals surface area contributed by atoms with Crippen LogP contribution in [0.2, 0.25) is 0 Å². The van der Waals surface area contributed by atoms with E-state index in [1.54, 1.807) is 0 Å². The highest BCUT2D eigenvalue weighted by Crippen LogP contribution is 2.14. The molecule has 9 heteroatoms. The van der Waals surface area contributed by atoms with Crippen LogP contribution in [0.15, 0.2) is 170 Å². The number of ether oxygens (including phenoxy) is 4. The summed E-state index contributed by atoms with van der Waals surface area (Å²) in [5.41, 5.74) is 0. The van der Waals surface area contributed by atoms with E-state index in [1.165, 1.54) is 32.1 Å². The van der Waals surface area contributed by atoms with Crippen molar-refractivity contribution in [2.45, 2.75) is 206 Å². The largest absolute Gasteiger partial charge is 0.545 e. The maximum atomic E-state index is 12.9. The molecule has 0 aliphatic heterocycles. The molecule has 2 atom stereocenters. The third-order valence-corrected chi connectivity index (χ3v) is 12.0. The van der Waals surface area contributed by atoms with Crippen LogP contribution in [0.4, 0.5) is 0 Å². The van der Waals surface area contributed by atoms with Crippen molar-refractivity contribution in [2.75, 3.05) is 47.5 Å². The lowest BCUT2D eigenvalue weighted by molar-refractivity contribution is -0.870. The molecule has 0 bridgehead atoms. The molecule has 0 aromatic carbocycles. The Labute approximate surface area is 482 Å². The summed E-state index contributed by atoms with van der Waals surface area (Å²) in [4.78, 5) is 37.3. The summed E-state index contributed by atoms with van der Waals surface area (Å²) in [5.74, 6) is -2.39. The second kappa shape index (κ2) is 58.8. The van der Waals surface area contributed by atoms with Crippen molar-refractivity contribution in [1.82, 2.24) is 0 Å². The zero-order valence-corrected chi connectivity index (χ0v) is 50.2. The first kappa shape index (κ1) is 73.7. The van der Waals surface area contributed by atoms with Crippen LogP contribution >= 0.6 is 0 Å². The highest BCUT2D eigenvalue weighted by molar-refractivity contribution is 5.70. The fraction of sp³-hybridized carbons (Fsp3) is 0.557. The van der Waals surface area contributed by atoms with E-state index in [2.05, 4.69) is 184 Å². The highest BCUT2D eigenvalue weighted by Gasteiger charge is 2.22. The summed E-state index contributed by atoms with van der Waals surface area (Å²) >= 11 is 0. The second-order valence-electron chi connectivity index (χ2n) is 20.5. The van der Waals surface area contributed by atoms with Crippen LogP contribution in [0.1, 0.15) is 194 Å². The Kier molecular flexibility index (Phi) is 54.8. The van der Waals surface area contributed by atoms with E-state index in [1.807, 2.05) is 21.1 Å². The number of aliphatic carboxylic acids is 1. The molecule has 0 heterocycles.